The van der Waals surface area contributed by atoms with E-state index in [1.165, 1.54) is 23.5 Å². The van der Waals surface area contributed by atoms with Crippen molar-refractivity contribution in [3.8, 4) is 0 Å². The molecule has 3 heterocycles. The van der Waals surface area contributed by atoms with E-state index in [0.717, 1.165) is 29.7 Å². The number of amides is 1. The van der Waals surface area contributed by atoms with E-state index in [9.17, 15) is 4.79 Å². The van der Waals surface area contributed by atoms with Crippen LogP contribution < -0.4 is 5.32 Å². The van der Waals surface area contributed by atoms with Gasteiger partial charge in [-0.1, -0.05) is 6.07 Å². The van der Waals surface area contributed by atoms with E-state index in [2.05, 4.69) is 10.3 Å². The molecule has 4 nitrogen and oxygen atoms in total. The predicted octanol–water partition coefficient (Wildman–Crippen LogP) is 3.88. The molecular formula is C18H20N2O2S2. The van der Waals surface area contributed by atoms with Gasteiger partial charge in [-0.2, -0.15) is 0 Å². The fourth-order valence-electron chi connectivity index (χ4n) is 3.58. The van der Waals surface area contributed by atoms with Crippen LogP contribution in [0.5, 0.6) is 0 Å². The zero-order valence-corrected chi connectivity index (χ0v) is 15.3. The standard InChI is InChI=1S/C18H20N2O2S2/c1-12-15-14(5-2-6-18(15)23-8-9-24-18)22-16(12)17(21)20-11-13-4-3-7-19-10-13/h3-4,7,10H,2,5-6,8-9,11H2,1H3,(H,20,21). The van der Waals surface area contributed by atoms with Crippen molar-refractivity contribution >= 4 is 29.4 Å². The molecule has 1 aliphatic heterocycles. The molecule has 6 heteroatoms. The van der Waals surface area contributed by atoms with Crippen molar-refractivity contribution in [1.29, 1.82) is 0 Å². The lowest BCUT2D eigenvalue weighted by Crippen LogP contribution is -2.24. The van der Waals surface area contributed by atoms with E-state index in [-0.39, 0.29) is 9.99 Å². The highest BCUT2D eigenvalue weighted by Gasteiger charge is 2.45. The van der Waals surface area contributed by atoms with Gasteiger partial charge in [0.25, 0.3) is 5.91 Å². The molecule has 1 saturated heterocycles. The van der Waals surface area contributed by atoms with Gasteiger partial charge in [-0.15, -0.1) is 23.5 Å². The molecule has 0 bridgehead atoms. The number of furan rings is 1. The van der Waals surface area contributed by atoms with Gasteiger partial charge in [-0.3, -0.25) is 9.78 Å². The number of hydrogen-bond acceptors (Lipinski definition) is 5. The Hall–Kier alpha value is -1.40. The maximum atomic E-state index is 12.6. The number of fused-ring (bicyclic) bond motifs is 2. The van der Waals surface area contributed by atoms with Crippen LogP contribution in [0.25, 0.3) is 0 Å². The lowest BCUT2D eigenvalue weighted by atomic mass is 9.94. The second kappa shape index (κ2) is 6.48. The summed E-state index contributed by atoms with van der Waals surface area (Å²) in [5, 5.41) is 2.96. The van der Waals surface area contributed by atoms with E-state index in [1.54, 1.807) is 12.4 Å². The van der Waals surface area contributed by atoms with Crippen molar-refractivity contribution in [2.45, 2.75) is 36.8 Å². The molecule has 1 fully saturated rings. The van der Waals surface area contributed by atoms with Gasteiger partial charge in [0.1, 0.15) is 5.76 Å². The van der Waals surface area contributed by atoms with Crippen molar-refractivity contribution in [3.63, 3.8) is 0 Å². The highest BCUT2D eigenvalue weighted by molar-refractivity contribution is 8.20. The first-order chi connectivity index (χ1) is 11.7. The van der Waals surface area contributed by atoms with Crippen molar-refractivity contribution in [1.82, 2.24) is 10.3 Å². The molecule has 0 atom stereocenters. The summed E-state index contributed by atoms with van der Waals surface area (Å²) in [6, 6.07) is 3.82. The number of aryl methyl sites for hydroxylation is 1. The molecule has 1 aliphatic carbocycles. The average Bonchev–Trinajstić information content (AvgIpc) is 3.20. The predicted molar refractivity (Wildman–Crippen MR) is 98.4 cm³/mol. The lowest BCUT2D eigenvalue weighted by molar-refractivity contribution is 0.0920. The Morgan fingerprint density at radius 3 is 3.00 bits per heavy atom. The topological polar surface area (TPSA) is 55.1 Å². The number of rotatable bonds is 3. The molecule has 2 aliphatic rings. The van der Waals surface area contributed by atoms with E-state index in [0.29, 0.717) is 12.3 Å². The van der Waals surface area contributed by atoms with E-state index in [4.69, 9.17) is 4.42 Å². The van der Waals surface area contributed by atoms with Crippen molar-refractivity contribution < 1.29 is 9.21 Å². The van der Waals surface area contributed by atoms with Crippen molar-refractivity contribution in [3.05, 3.63) is 52.7 Å². The SMILES string of the molecule is Cc1c(C(=O)NCc2cccnc2)oc2c1C1(CCC2)SCCS1. The molecule has 2 aromatic rings. The number of pyridine rings is 1. The highest BCUT2D eigenvalue weighted by atomic mass is 32.2. The Morgan fingerprint density at radius 2 is 2.25 bits per heavy atom. The summed E-state index contributed by atoms with van der Waals surface area (Å²) in [5.41, 5.74) is 3.29. The Labute approximate surface area is 150 Å². The minimum Gasteiger partial charge on any atom is -0.455 e. The minimum absolute atomic E-state index is 0.114. The quantitative estimate of drug-likeness (QED) is 0.900. The molecule has 1 N–H and O–H groups in total. The fourth-order valence-corrected chi connectivity index (χ4v) is 7.14. The average molecular weight is 361 g/mol. The normalized spacial score (nSPS) is 18.5. The Morgan fingerprint density at radius 1 is 1.42 bits per heavy atom. The van der Waals surface area contributed by atoms with Crippen LogP contribution in [0, 0.1) is 6.92 Å². The van der Waals surface area contributed by atoms with Gasteiger partial charge in [0.15, 0.2) is 5.76 Å². The number of carbonyl (C=O) groups is 1. The first kappa shape index (κ1) is 16.1. The van der Waals surface area contributed by atoms with Gasteiger partial charge in [0, 0.05) is 48.0 Å². The number of nitrogens with zero attached hydrogens (tertiary/aromatic N) is 1. The number of aromatic nitrogens is 1. The molecule has 2 aromatic heterocycles. The van der Waals surface area contributed by atoms with Gasteiger partial charge in [-0.25, -0.2) is 0 Å². The lowest BCUT2D eigenvalue weighted by Gasteiger charge is -2.31. The summed E-state index contributed by atoms with van der Waals surface area (Å²) in [7, 11) is 0. The molecule has 126 valence electrons. The van der Waals surface area contributed by atoms with Gasteiger partial charge >= 0.3 is 0 Å². The summed E-state index contributed by atoms with van der Waals surface area (Å²) >= 11 is 4.04. The molecule has 0 unspecified atom stereocenters. The van der Waals surface area contributed by atoms with Gasteiger partial charge in [0.05, 0.1) is 4.08 Å². The van der Waals surface area contributed by atoms with Gasteiger partial charge in [-0.05, 0) is 31.4 Å². The van der Waals surface area contributed by atoms with Gasteiger partial charge in [0.2, 0.25) is 0 Å². The molecule has 1 spiro atoms. The number of thioether (sulfide) groups is 2. The molecular weight excluding hydrogens is 340 g/mol. The Bertz CT molecular complexity index is 752. The van der Waals surface area contributed by atoms with Crippen LogP contribution in [0.1, 0.15) is 45.8 Å². The summed E-state index contributed by atoms with van der Waals surface area (Å²) in [6.45, 7) is 2.50. The van der Waals surface area contributed by atoms with E-state index < -0.39 is 0 Å². The van der Waals surface area contributed by atoms with E-state index in [1.807, 2.05) is 42.6 Å². The fraction of sp³-hybridized carbons (Fsp3) is 0.444. The van der Waals surface area contributed by atoms with Crippen LogP contribution in [-0.4, -0.2) is 22.4 Å². The first-order valence-electron chi connectivity index (χ1n) is 8.27. The summed E-state index contributed by atoms with van der Waals surface area (Å²) in [6.07, 6.45) is 6.74. The summed E-state index contributed by atoms with van der Waals surface area (Å²) in [5.74, 6) is 3.73. The first-order valence-corrected chi connectivity index (χ1v) is 10.2. The van der Waals surface area contributed by atoms with Crippen LogP contribution >= 0.6 is 23.5 Å². The molecule has 0 saturated carbocycles. The van der Waals surface area contributed by atoms with Crippen molar-refractivity contribution in [2.75, 3.05) is 11.5 Å². The van der Waals surface area contributed by atoms with Crippen LogP contribution in [0.15, 0.2) is 28.9 Å². The second-order valence-electron chi connectivity index (χ2n) is 6.20. The van der Waals surface area contributed by atoms with Gasteiger partial charge < -0.3 is 9.73 Å². The summed E-state index contributed by atoms with van der Waals surface area (Å²) < 4.78 is 6.13. The number of hydrogen-bond donors (Lipinski definition) is 1. The highest BCUT2D eigenvalue weighted by Crippen LogP contribution is 2.59. The third kappa shape index (κ3) is 2.75. The largest absolute Gasteiger partial charge is 0.455 e. The molecule has 0 radical (unpaired) electrons. The zero-order valence-electron chi connectivity index (χ0n) is 13.6. The molecule has 24 heavy (non-hydrogen) atoms. The maximum absolute atomic E-state index is 12.6. The third-order valence-electron chi connectivity index (χ3n) is 4.65. The Kier molecular flexibility index (Phi) is 4.35. The zero-order chi connectivity index (χ0) is 16.6. The van der Waals surface area contributed by atoms with Crippen LogP contribution in [0.3, 0.4) is 0 Å². The third-order valence-corrected chi connectivity index (χ3v) is 8.18. The number of nitrogens with one attached hydrogen (secondary N) is 1. The van der Waals surface area contributed by atoms with Crippen LogP contribution in [0.2, 0.25) is 0 Å². The van der Waals surface area contributed by atoms with Crippen molar-refractivity contribution in [2.24, 2.45) is 0 Å². The summed E-state index contributed by atoms with van der Waals surface area (Å²) in [4.78, 5) is 16.7. The minimum atomic E-state index is -0.131. The monoisotopic (exact) mass is 360 g/mol. The van der Waals surface area contributed by atoms with Crippen LogP contribution in [-0.2, 0) is 17.0 Å². The second-order valence-corrected chi connectivity index (χ2v) is 9.25. The molecule has 4 rings (SSSR count). The number of carbonyl (C=O) groups excluding carboxylic acids is 1. The molecule has 0 aromatic carbocycles. The smallest absolute Gasteiger partial charge is 0.287 e. The maximum Gasteiger partial charge on any atom is 0.287 e. The molecule has 1 amide bonds. The van der Waals surface area contributed by atoms with E-state index >= 15 is 0 Å². The van der Waals surface area contributed by atoms with Crippen LogP contribution in [0.4, 0.5) is 0 Å². The Balaban J connectivity index is 1.58.